The molecule has 0 aromatic rings. The molecule has 0 saturated heterocycles. The quantitative estimate of drug-likeness (QED) is 0.505. The fourth-order valence-electron chi connectivity index (χ4n) is 1.96. The molecule has 129 valence electrons. The molecule has 2 aliphatic carbocycles. The van der Waals surface area contributed by atoms with Crippen molar-refractivity contribution in [3.8, 4) is 0 Å². The Balaban J connectivity index is 0.00000288. The number of hydrogen-bond donors (Lipinski definition) is 2. The van der Waals surface area contributed by atoms with Gasteiger partial charge in [-0.1, -0.05) is 24.3 Å². The van der Waals surface area contributed by atoms with Gasteiger partial charge in [-0.25, -0.2) is 0 Å². The number of nitrogens with one attached hydrogen (secondary N) is 2. The van der Waals surface area contributed by atoms with Gasteiger partial charge in [0.05, 0.1) is 0 Å². The van der Waals surface area contributed by atoms with Crippen molar-refractivity contribution in [2.45, 2.75) is 0 Å². The molecule has 2 rings (SSSR count). The monoisotopic (exact) mass is 369 g/mol. The van der Waals surface area contributed by atoms with Crippen molar-refractivity contribution in [2.24, 2.45) is 0 Å². The molecule has 1 radical (unpaired) electrons. The SMILES string of the molecule is O=C1C=CC=C/C1=C/NCC[N-]CCN/C=C1/C=CC=CC1=O.[Co]. The molecule has 0 fully saturated rings. The van der Waals surface area contributed by atoms with Crippen LogP contribution in [0.5, 0.6) is 0 Å². The zero-order valence-corrected chi connectivity index (χ0v) is 14.2. The summed E-state index contributed by atoms with van der Waals surface area (Å²) >= 11 is 0. The van der Waals surface area contributed by atoms with E-state index in [0.717, 1.165) is 0 Å². The Labute approximate surface area is 152 Å². The van der Waals surface area contributed by atoms with Crippen molar-refractivity contribution in [3.05, 3.63) is 77.5 Å². The second kappa shape index (κ2) is 11.4. The second-order valence-electron chi connectivity index (χ2n) is 4.94. The third kappa shape index (κ3) is 6.95. The van der Waals surface area contributed by atoms with Gasteiger partial charge in [-0.3, -0.25) is 9.59 Å². The van der Waals surface area contributed by atoms with Crippen molar-refractivity contribution in [1.29, 1.82) is 0 Å². The van der Waals surface area contributed by atoms with E-state index in [1.54, 1.807) is 48.9 Å². The molecule has 6 heteroatoms. The van der Waals surface area contributed by atoms with Crippen molar-refractivity contribution in [1.82, 2.24) is 10.6 Å². The minimum Gasteiger partial charge on any atom is -0.659 e. The van der Waals surface area contributed by atoms with Crippen LogP contribution < -0.4 is 10.6 Å². The molecule has 2 N–H and O–H groups in total. The maximum atomic E-state index is 11.5. The molecule has 0 aromatic carbocycles. The van der Waals surface area contributed by atoms with Gasteiger partial charge in [-0.15, -0.1) is 13.1 Å². The van der Waals surface area contributed by atoms with Crippen LogP contribution in [-0.4, -0.2) is 37.7 Å². The molecule has 0 amide bonds. The Morgan fingerprint density at radius 3 is 1.58 bits per heavy atom. The van der Waals surface area contributed by atoms with Crippen molar-refractivity contribution in [3.63, 3.8) is 0 Å². The standard InChI is InChI=1S/C18H20N3O2.Co/c22-17-7-3-1-5-15(17)13-20-11-9-19-10-12-21-14-16-6-2-4-8-18(16)23;/h1-8,13-14,20-21H,9-12H2;/q-1;/b15-13-,16-14-;. The van der Waals surface area contributed by atoms with E-state index in [1.165, 1.54) is 0 Å². The van der Waals surface area contributed by atoms with E-state index in [2.05, 4.69) is 16.0 Å². The molecular weight excluding hydrogens is 349 g/mol. The minimum absolute atomic E-state index is 0. The smallest absolute Gasteiger partial charge is 0.187 e. The van der Waals surface area contributed by atoms with Crippen LogP contribution in [0.15, 0.2) is 72.2 Å². The summed E-state index contributed by atoms with van der Waals surface area (Å²) in [7, 11) is 0. The molecule has 0 aliphatic heterocycles. The van der Waals surface area contributed by atoms with E-state index in [9.17, 15) is 9.59 Å². The van der Waals surface area contributed by atoms with E-state index in [4.69, 9.17) is 0 Å². The first-order valence-corrected chi connectivity index (χ1v) is 7.56. The Morgan fingerprint density at radius 2 is 1.17 bits per heavy atom. The average Bonchev–Trinajstić information content (AvgIpc) is 2.56. The first-order valence-electron chi connectivity index (χ1n) is 7.56. The largest absolute Gasteiger partial charge is 0.659 e. The molecular formula is C18H20CoN3O2-. The van der Waals surface area contributed by atoms with Gasteiger partial charge in [0.1, 0.15) is 0 Å². The summed E-state index contributed by atoms with van der Waals surface area (Å²) in [6, 6.07) is 0. The van der Waals surface area contributed by atoms with Gasteiger partial charge in [0.25, 0.3) is 0 Å². The summed E-state index contributed by atoms with van der Waals surface area (Å²) in [4.78, 5) is 22.9. The number of allylic oxidation sites excluding steroid dienone is 10. The summed E-state index contributed by atoms with van der Waals surface area (Å²) in [5, 5.41) is 10.5. The van der Waals surface area contributed by atoms with Crippen LogP contribution in [0.2, 0.25) is 0 Å². The third-order valence-corrected chi connectivity index (χ3v) is 3.18. The summed E-state index contributed by atoms with van der Waals surface area (Å²) in [6.45, 7) is 2.69. The van der Waals surface area contributed by atoms with Gasteiger partial charge in [-0.05, 0) is 37.4 Å². The fourth-order valence-corrected chi connectivity index (χ4v) is 1.96. The van der Waals surface area contributed by atoms with E-state index in [-0.39, 0.29) is 28.3 Å². The first kappa shape index (κ1) is 19.9. The van der Waals surface area contributed by atoms with Crippen LogP contribution in [0, 0.1) is 0 Å². The van der Waals surface area contributed by atoms with Crippen LogP contribution in [0.4, 0.5) is 0 Å². The third-order valence-electron chi connectivity index (χ3n) is 3.18. The van der Waals surface area contributed by atoms with Crippen molar-refractivity contribution in [2.75, 3.05) is 26.2 Å². The van der Waals surface area contributed by atoms with Crippen LogP contribution in [0.25, 0.3) is 5.32 Å². The molecule has 0 saturated carbocycles. The summed E-state index contributed by atoms with van der Waals surface area (Å²) in [5.41, 5.74) is 1.31. The van der Waals surface area contributed by atoms with Gasteiger partial charge >= 0.3 is 0 Å². The number of ketones is 2. The maximum absolute atomic E-state index is 11.5. The fraction of sp³-hybridized carbons (Fsp3) is 0.222. The van der Waals surface area contributed by atoms with E-state index in [1.807, 2.05) is 12.2 Å². The van der Waals surface area contributed by atoms with Crippen LogP contribution in [0.3, 0.4) is 0 Å². The van der Waals surface area contributed by atoms with Crippen LogP contribution in [-0.2, 0) is 26.4 Å². The normalized spacial score (nSPS) is 19.0. The molecule has 24 heavy (non-hydrogen) atoms. The summed E-state index contributed by atoms with van der Waals surface area (Å²) < 4.78 is 0. The predicted molar refractivity (Wildman–Crippen MR) is 91.8 cm³/mol. The van der Waals surface area contributed by atoms with Gasteiger partial charge in [0.2, 0.25) is 0 Å². The zero-order chi connectivity index (χ0) is 16.3. The van der Waals surface area contributed by atoms with Crippen LogP contribution in [0.1, 0.15) is 0 Å². The summed E-state index contributed by atoms with van der Waals surface area (Å²) in [5.74, 6) is 0.0191. The molecule has 0 aromatic heterocycles. The van der Waals surface area contributed by atoms with Crippen LogP contribution >= 0.6 is 0 Å². The van der Waals surface area contributed by atoms with E-state index < -0.39 is 0 Å². The Kier molecular flexibility index (Phi) is 9.44. The molecule has 0 heterocycles. The Hall–Kier alpha value is -2.15. The predicted octanol–water partition coefficient (Wildman–Crippen LogP) is 1.69. The van der Waals surface area contributed by atoms with Gasteiger partial charge in [0, 0.05) is 40.3 Å². The molecule has 5 nitrogen and oxygen atoms in total. The minimum atomic E-state index is 0. The number of nitrogens with zero attached hydrogens (tertiary/aromatic N) is 1. The molecule has 0 atom stereocenters. The molecule has 2 aliphatic rings. The van der Waals surface area contributed by atoms with E-state index >= 15 is 0 Å². The van der Waals surface area contributed by atoms with Gasteiger partial charge in [-0.2, -0.15) is 0 Å². The number of rotatable bonds is 8. The number of carbonyl (C=O) groups is 2. The Morgan fingerprint density at radius 1 is 0.750 bits per heavy atom. The van der Waals surface area contributed by atoms with Crippen molar-refractivity contribution < 1.29 is 26.4 Å². The first-order chi connectivity index (χ1) is 11.3. The number of hydrogen-bond acceptors (Lipinski definition) is 4. The molecule has 0 spiro atoms. The summed E-state index contributed by atoms with van der Waals surface area (Å²) in [6.07, 6.45) is 17.2. The maximum Gasteiger partial charge on any atom is 0.187 e. The molecule has 0 unspecified atom stereocenters. The van der Waals surface area contributed by atoms with Gasteiger partial charge in [0.15, 0.2) is 11.6 Å². The van der Waals surface area contributed by atoms with Gasteiger partial charge < -0.3 is 16.0 Å². The topological polar surface area (TPSA) is 72.3 Å². The number of carbonyl (C=O) groups excluding carboxylic acids is 2. The zero-order valence-electron chi connectivity index (χ0n) is 13.2. The van der Waals surface area contributed by atoms with E-state index in [0.29, 0.717) is 37.3 Å². The average molecular weight is 369 g/mol. The molecule has 0 bridgehead atoms. The Bertz CT molecular complexity index is 574. The van der Waals surface area contributed by atoms with Crippen molar-refractivity contribution >= 4 is 11.6 Å². The second-order valence-corrected chi connectivity index (χ2v) is 4.94.